The molecule has 0 spiro atoms. The molecule has 7 nitrogen and oxygen atoms in total. The van der Waals surface area contributed by atoms with Crippen LogP contribution in [0.4, 0.5) is 4.79 Å². The number of alkyl carbamates (subject to hydrolysis) is 1. The second-order valence-corrected chi connectivity index (χ2v) is 9.12. The van der Waals surface area contributed by atoms with Gasteiger partial charge in [-0.2, -0.15) is 0 Å². The van der Waals surface area contributed by atoms with Crippen LogP contribution in [0.25, 0.3) is 11.1 Å². The van der Waals surface area contributed by atoms with E-state index in [-0.39, 0.29) is 31.4 Å². The highest BCUT2D eigenvalue weighted by atomic mass is 16.5. The molecular weight excluding hydrogens is 432 g/mol. The van der Waals surface area contributed by atoms with Crippen LogP contribution in [0.2, 0.25) is 0 Å². The third kappa shape index (κ3) is 4.79. The second kappa shape index (κ2) is 10.3. The Hall–Kier alpha value is -3.35. The number of nitrogens with one attached hydrogen (secondary N) is 1. The monoisotopic (exact) mass is 464 g/mol. The summed E-state index contributed by atoms with van der Waals surface area (Å²) < 4.78 is 5.71. The van der Waals surface area contributed by atoms with Gasteiger partial charge in [-0.05, 0) is 42.0 Å². The van der Waals surface area contributed by atoms with Crippen LogP contribution < -0.4 is 5.32 Å². The molecule has 0 aromatic heterocycles. The van der Waals surface area contributed by atoms with Crippen LogP contribution in [-0.2, 0) is 14.3 Å². The number of rotatable bonds is 8. The molecule has 2 N–H and O–H groups in total. The van der Waals surface area contributed by atoms with E-state index in [4.69, 9.17) is 9.84 Å². The number of nitrogens with zero attached hydrogens (tertiary/aromatic N) is 1. The van der Waals surface area contributed by atoms with Crippen molar-refractivity contribution in [2.45, 2.75) is 56.9 Å². The second-order valence-electron chi connectivity index (χ2n) is 9.12. The molecule has 0 atom stereocenters. The van der Waals surface area contributed by atoms with Gasteiger partial charge in [0, 0.05) is 19.0 Å². The van der Waals surface area contributed by atoms with E-state index in [2.05, 4.69) is 29.6 Å². The summed E-state index contributed by atoms with van der Waals surface area (Å²) in [5, 5.41) is 12.0. The predicted molar refractivity (Wildman–Crippen MR) is 129 cm³/mol. The smallest absolute Gasteiger partial charge is 0.408 e. The van der Waals surface area contributed by atoms with E-state index in [9.17, 15) is 14.4 Å². The maximum Gasteiger partial charge on any atom is 0.408 e. The van der Waals surface area contributed by atoms with Gasteiger partial charge >= 0.3 is 12.1 Å². The lowest BCUT2D eigenvalue weighted by atomic mass is 9.80. The molecule has 0 unspecified atom stereocenters. The van der Waals surface area contributed by atoms with E-state index in [1.807, 2.05) is 31.2 Å². The fourth-order valence-corrected chi connectivity index (χ4v) is 5.31. The molecule has 0 radical (unpaired) electrons. The fourth-order valence-electron chi connectivity index (χ4n) is 5.31. The number of carbonyl (C=O) groups excluding carboxylic acids is 2. The van der Waals surface area contributed by atoms with E-state index in [1.165, 1.54) is 4.90 Å². The van der Waals surface area contributed by atoms with Gasteiger partial charge in [-0.25, -0.2) is 4.79 Å². The Morgan fingerprint density at radius 3 is 2.15 bits per heavy atom. The maximum atomic E-state index is 13.4. The zero-order chi connectivity index (χ0) is 24.1. The van der Waals surface area contributed by atoms with E-state index >= 15 is 0 Å². The molecule has 1 fully saturated rings. The number of carboxylic acid groups (broad SMARTS) is 1. The van der Waals surface area contributed by atoms with Gasteiger partial charge < -0.3 is 20.1 Å². The Labute approximate surface area is 200 Å². The summed E-state index contributed by atoms with van der Waals surface area (Å²) in [4.78, 5) is 39.0. The van der Waals surface area contributed by atoms with Crippen LogP contribution in [0.1, 0.15) is 62.5 Å². The minimum Gasteiger partial charge on any atom is -0.481 e. The van der Waals surface area contributed by atoms with Crippen molar-refractivity contribution in [1.29, 1.82) is 0 Å². The van der Waals surface area contributed by atoms with Crippen LogP contribution in [0.5, 0.6) is 0 Å². The number of amides is 2. The standard InChI is InChI=1S/C27H32N2O5/c1-2-29(17-14-24(30)31)25(32)27(15-8-3-9-16-27)28-26(33)34-18-23-21-12-6-4-10-19(21)20-11-5-7-13-22(20)23/h4-7,10-13,23H,2-3,8-9,14-18H2,1H3,(H,28,33)(H,30,31). The molecule has 1 saturated carbocycles. The summed E-state index contributed by atoms with van der Waals surface area (Å²) in [6, 6.07) is 16.3. The van der Waals surface area contributed by atoms with Gasteiger partial charge in [-0.15, -0.1) is 0 Å². The zero-order valence-corrected chi connectivity index (χ0v) is 19.6. The van der Waals surface area contributed by atoms with Crippen molar-refractivity contribution in [1.82, 2.24) is 10.2 Å². The van der Waals surface area contributed by atoms with Crippen molar-refractivity contribution in [3.8, 4) is 11.1 Å². The zero-order valence-electron chi connectivity index (χ0n) is 19.6. The van der Waals surface area contributed by atoms with E-state index in [0.717, 1.165) is 41.5 Å². The molecule has 2 aromatic carbocycles. The Kier molecular flexibility index (Phi) is 7.20. The summed E-state index contributed by atoms with van der Waals surface area (Å²) in [5.74, 6) is -1.23. The lowest BCUT2D eigenvalue weighted by Gasteiger charge is -2.39. The predicted octanol–water partition coefficient (Wildman–Crippen LogP) is 4.55. The molecule has 0 bridgehead atoms. The fraction of sp³-hybridized carbons (Fsp3) is 0.444. The van der Waals surface area contributed by atoms with Gasteiger partial charge in [0.05, 0.1) is 6.42 Å². The SMILES string of the molecule is CCN(CCC(=O)O)C(=O)C1(NC(=O)OCC2c3ccccc3-c3ccccc32)CCCCC1. The molecule has 2 amide bonds. The minimum absolute atomic E-state index is 0.0566. The molecule has 4 rings (SSSR count). The Morgan fingerprint density at radius 2 is 1.59 bits per heavy atom. The molecule has 2 aromatic rings. The highest BCUT2D eigenvalue weighted by Crippen LogP contribution is 2.44. The number of carbonyl (C=O) groups is 3. The number of benzene rings is 2. The lowest BCUT2D eigenvalue weighted by molar-refractivity contribution is -0.142. The summed E-state index contributed by atoms with van der Waals surface area (Å²) in [6.07, 6.45) is 2.98. The van der Waals surface area contributed by atoms with Crippen LogP contribution in [-0.4, -0.2) is 53.2 Å². The summed E-state index contributed by atoms with van der Waals surface area (Å²) in [7, 11) is 0. The van der Waals surface area contributed by atoms with Crippen molar-refractivity contribution < 1.29 is 24.2 Å². The number of likely N-dealkylation sites (N-methyl/N-ethyl adjacent to an activating group) is 1. The van der Waals surface area contributed by atoms with Crippen molar-refractivity contribution in [2.75, 3.05) is 19.7 Å². The molecule has 7 heteroatoms. The number of hydrogen-bond donors (Lipinski definition) is 2. The average Bonchev–Trinajstić information content (AvgIpc) is 3.17. The molecule has 2 aliphatic rings. The normalized spacial score (nSPS) is 16.3. The highest BCUT2D eigenvalue weighted by Gasteiger charge is 2.43. The lowest BCUT2D eigenvalue weighted by Crippen LogP contribution is -2.61. The van der Waals surface area contributed by atoms with Gasteiger partial charge in [-0.1, -0.05) is 67.8 Å². The van der Waals surface area contributed by atoms with Crippen molar-refractivity contribution >= 4 is 18.0 Å². The van der Waals surface area contributed by atoms with Crippen LogP contribution in [0.15, 0.2) is 48.5 Å². The third-order valence-electron chi connectivity index (χ3n) is 7.07. The van der Waals surface area contributed by atoms with Crippen LogP contribution in [0.3, 0.4) is 0 Å². The summed E-state index contributed by atoms with van der Waals surface area (Å²) in [5.41, 5.74) is 3.53. The summed E-state index contributed by atoms with van der Waals surface area (Å²) >= 11 is 0. The Balaban J connectivity index is 1.47. The van der Waals surface area contributed by atoms with Gasteiger partial charge in [0.1, 0.15) is 12.1 Å². The van der Waals surface area contributed by atoms with Crippen molar-refractivity contribution in [3.05, 3.63) is 59.7 Å². The molecule has 0 aliphatic heterocycles. The first kappa shape index (κ1) is 23.8. The van der Waals surface area contributed by atoms with Gasteiger partial charge in [0.25, 0.3) is 0 Å². The number of aliphatic carboxylic acids is 1. The first-order chi connectivity index (χ1) is 16.4. The van der Waals surface area contributed by atoms with Gasteiger partial charge in [0.15, 0.2) is 0 Å². The number of ether oxygens (including phenoxy) is 1. The average molecular weight is 465 g/mol. The quantitative estimate of drug-likeness (QED) is 0.597. The maximum absolute atomic E-state index is 13.4. The molecule has 2 aliphatic carbocycles. The first-order valence-corrected chi connectivity index (χ1v) is 12.1. The Morgan fingerprint density at radius 1 is 1.00 bits per heavy atom. The van der Waals surface area contributed by atoms with Crippen molar-refractivity contribution in [2.24, 2.45) is 0 Å². The van der Waals surface area contributed by atoms with E-state index in [1.54, 1.807) is 0 Å². The highest BCUT2D eigenvalue weighted by molar-refractivity contribution is 5.90. The largest absolute Gasteiger partial charge is 0.481 e. The third-order valence-corrected chi connectivity index (χ3v) is 7.07. The van der Waals surface area contributed by atoms with E-state index in [0.29, 0.717) is 19.4 Å². The van der Waals surface area contributed by atoms with Crippen LogP contribution >= 0.6 is 0 Å². The first-order valence-electron chi connectivity index (χ1n) is 12.1. The van der Waals surface area contributed by atoms with E-state index < -0.39 is 17.6 Å². The number of carboxylic acids is 1. The molecule has 34 heavy (non-hydrogen) atoms. The molecular formula is C27H32N2O5. The van der Waals surface area contributed by atoms with Crippen LogP contribution in [0, 0.1) is 0 Å². The number of fused-ring (bicyclic) bond motifs is 3. The van der Waals surface area contributed by atoms with Gasteiger partial charge in [-0.3, -0.25) is 9.59 Å². The minimum atomic E-state index is -1.05. The van der Waals surface area contributed by atoms with Crippen molar-refractivity contribution in [3.63, 3.8) is 0 Å². The Bertz CT molecular complexity index is 1010. The van der Waals surface area contributed by atoms with Gasteiger partial charge in [0.2, 0.25) is 5.91 Å². The molecule has 0 heterocycles. The number of hydrogen-bond acceptors (Lipinski definition) is 4. The summed E-state index contributed by atoms with van der Waals surface area (Å²) in [6.45, 7) is 2.52. The molecule has 0 saturated heterocycles. The molecule has 180 valence electrons. The topological polar surface area (TPSA) is 95.9 Å².